The second-order valence-electron chi connectivity index (χ2n) is 4.86. The summed E-state index contributed by atoms with van der Waals surface area (Å²) in [5.74, 6) is -0.0403. The SMILES string of the molecule is Cc1cc(C)cc(OCCC(=O)Nc2ncc(C(N)=O)s2)c1. The molecule has 0 spiro atoms. The number of rotatable bonds is 6. The molecule has 1 aromatic heterocycles. The second-order valence-corrected chi connectivity index (χ2v) is 5.89. The van der Waals surface area contributed by atoms with Gasteiger partial charge in [0.25, 0.3) is 5.91 Å². The summed E-state index contributed by atoms with van der Waals surface area (Å²) in [4.78, 5) is 26.9. The standard InChI is InChI=1S/C15H17N3O3S/c1-9-5-10(2)7-11(6-9)21-4-3-13(19)18-15-17-8-12(22-15)14(16)20/h5-8H,3-4H2,1-2H3,(H2,16,20)(H,17,18,19). The molecular weight excluding hydrogens is 302 g/mol. The van der Waals surface area contributed by atoms with E-state index in [1.54, 1.807) is 0 Å². The molecule has 0 aliphatic rings. The van der Waals surface area contributed by atoms with Crippen molar-refractivity contribution in [2.24, 2.45) is 5.73 Å². The number of nitrogens with one attached hydrogen (secondary N) is 1. The number of carbonyl (C=O) groups excluding carboxylic acids is 2. The van der Waals surface area contributed by atoms with Crippen LogP contribution in [-0.2, 0) is 4.79 Å². The first kappa shape index (κ1) is 16.0. The number of nitrogens with two attached hydrogens (primary N) is 1. The van der Waals surface area contributed by atoms with Gasteiger partial charge in [0.15, 0.2) is 5.13 Å². The Balaban J connectivity index is 1.81. The van der Waals surface area contributed by atoms with Gasteiger partial charge in [-0.15, -0.1) is 0 Å². The molecule has 6 nitrogen and oxygen atoms in total. The summed E-state index contributed by atoms with van der Waals surface area (Å²) < 4.78 is 5.57. The molecule has 0 bridgehead atoms. The fourth-order valence-corrected chi connectivity index (χ4v) is 2.59. The van der Waals surface area contributed by atoms with Crippen molar-refractivity contribution in [3.05, 3.63) is 40.4 Å². The minimum Gasteiger partial charge on any atom is -0.493 e. The lowest BCUT2D eigenvalue weighted by Gasteiger charge is -2.08. The number of hydrogen-bond donors (Lipinski definition) is 2. The smallest absolute Gasteiger partial charge is 0.260 e. The van der Waals surface area contributed by atoms with Gasteiger partial charge in [-0.25, -0.2) is 4.98 Å². The van der Waals surface area contributed by atoms with Crippen molar-refractivity contribution < 1.29 is 14.3 Å². The molecule has 2 rings (SSSR count). The van der Waals surface area contributed by atoms with Crippen LogP contribution in [0.4, 0.5) is 5.13 Å². The molecule has 2 amide bonds. The number of aromatic nitrogens is 1. The number of amides is 2. The lowest BCUT2D eigenvalue weighted by Crippen LogP contribution is -2.15. The number of anilines is 1. The van der Waals surface area contributed by atoms with E-state index in [1.165, 1.54) is 6.20 Å². The molecule has 0 unspecified atom stereocenters. The largest absolute Gasteiger partial charge is 0.493 e. The molecule has 7 heteroatoms. The summed E-state index contributed by atoms with van der Waals surface area (Å²) >= 11 is 1.04. The van der Waals surface area contributed by atoms with Crippen molar-refractivity contribution in [1.29, 1.82) is 0 Å². The molecule has 3 N–H and O–H groups in total. The maximum absolute atomic E-state index is 11.8. The fraction of sp³-hybridized carbons (Fsp3) is 0.267. The van der Waals surface area contributed by atoms with Crippen molar-refractivity contribution in [3.8, 4) is 5.75 Å². The summed E-state index contributed by atoms with van der Waals surface area (Å²) in [6, 6.07) is 5.90. The molecule has 0 saturated carbocycles. The third-order valence-electron chi connectivity index (χ3n) is 2.79. The molecule has 0 atom stereocenters. The number of aryl methyl sites for hydroxylation is 2. The van der Waals surface area contributed by atoms with Gasteiger partial charge in [-0.3, -0.25) is 9.59 Å². The molecule has 116 valence electrons. The van der Waals surface area contributed by atoms with Gasteiger partial charge in [0, 0.05) is 0 Å². The number of primary amides is 1. The Labute approximate surface area is 132 Å². The van der Waals surface area contributed by atoms with Gasteiger partial charge in [0.05, 0.1) is 19.2 Å². The number of benzene rings is 1. The molecular formula is C15H17N3O3S. The number of thiazole rings is 1. The Morgan fingerprint density at radius 3 is 2.55 bits per heavy atom. The molecule has 1 heterocycles. The van der Waals surface area contributed by atoms with Crippen molar-refractivity contribution in [1.82, 2.24) is 4.98 Å². The molecule has 2 aromatic rings. The average molecular weight is 319 g/mol. The van der Waals surface area contributed by atoms with E-state index in [0.29, 0.717) is 10.0 Å². The zero-order valence-corrected chi connectivity index (χ0v) is 13.2. The molecule has 0 radical (unpaired) electrons. The van der Waals surface area contributed by atoms with Crippen LogP contribution in [0.25, 0.3) is 0 Å². The van der Waals surface area contributed by atoms with Crippen LogP contribution >= 0.6 is 11.3 Å². The van der Waals surface area contributed by atoms with Gasteiger partial charge in [-0.1, -0.05) is 17.4 Å². The summed E-state index contributed by atoms with van der Waals surface area (Å²) in [7, 11) is 0. The third kappa shape index (κ3) is 4.56. The maximum atomic E-state index is 11.8. The van der Waals surface area contributed by atoms with E-state index in [1.807, 2.05) is 26.0 Å². The highest BCUT2D eigenvalue weighted by Crippen LogP contribution is 2.18. The van der Waals surface area contributed by atoms with Crippen molar-refractivity contribution in [2.75, 3.05) is 11.9 Å². The van der Waals surface area contributed by atoms with Crippen LogP contribution in [0.2, 0.25) is 0 Å². The Morgan fingerprint density at radius 2 is 1.95 bits per heavy atom. The second kappa shape index (κ2) is 7.04. The monoisotopic (exact) mass is 319 g/mol. The van der Waals surface area contributed by atoms with E-state index in [2.05, 4.69) is 16.4 Å². The highest BCUT2D eigenvalue weighted by Gasteiger charge is 2.09. The maximum Gasteiger partial charge on any atom is 0.260 e. The van der Waals surface area contributed by atoms with Crippen LogP contribution in [0, 0.1) is 13.8 Å². The Bertz CT molecular complexity index is 677. The lowest BCUT2D eigenvalue weighted by molar-refractivity contribution is -0.116. The molecule has 22 heavy (non-hydrogen) atoms. The summed E-state index contributed by atoms with van der Waals surface area (Å²) in [6.07, 6.45) is 1.53. The number of hydrogen-bond acceptors (Lipinski definition) is 5. The minimum absolute atomic E-state index is 0.193. The quantitative estimate of drug-likeness (QED) is 0.854. The van der Waals surface area contributed by atoms with E-state index in [-0.39, 0.29) is 18.9 Å². The zero-order chi connectivity index (χ0) is 16.1. The van der Waals surface area contributed by atoms with Crippen LogP contribution in [-0.4, -0.2) is 23.4 Å². The van der Waals surface area contributed by atoms with Gasteiger partial charge in [0.1, 0.15) is 10.6 Å². The highest BCUT2D eigenvalue weighted by atomic mass is 32.1. The first-order valence-electron chi connectivity index (χ1n) is 6.70. The number of nitrogens with zero attached hydrogens (tertiary/aromatic N) is 1. The van der Waals surface area contributed by atoms with Crippen LogP contribution < -0.4 is 15.8 Å². The van der Waals surface area contributed by atoms with Crippen molar-refractivity contribution in [3.63, 3.8) is 0 Å². The first-order chi connectivity index (χ1) is 10.4. The fourth-order valence-electron chi connectivity index (χ4n) is 1.91. The summed E-state index contributed by atoms with van der Waals surface area (Å²) in [5.41, 5.74) is 7.35. The molecule has 0 aliphatic heterocycles. The first-order valence-corrected chi connectivity index (χ1v) is 7.52. The summed E-state index contributed by atoms with van der Waals surface area (Å²) in [5, 5.41) is 2.96. The Hall–Kier alpha value is -2.41. The van der Waals surface area contributed by atoms with Gasteiger partial charge >= 0.3 is 0 Å². The normalized spacial score (nSPS) is 10.3. The predicted octanol–water partition coefficient (Wildman–Crippen LogP) is 2.27. The molecule has 0 fully saturated rings. The van der Waals surface area contributed by atoms with Crippen molar-refractivity contribution in [2.45, 2.75) is 20.3 Å². The van der Waals surface area contributed by atoms with Crippen LogP contribution in [0.3, 0.4) is 0 Å². The van der Waals surface area contributed by atoms with Gasteiger partial charge in [-0.05, 0) is 37.1 Å². The van der Waals surface area contributed by atoms with Crippen LogP contribution in [0.15, 0.2) is 24.4 Å². The van der Waals surface area contributed by atoms with Crippen molar-refractivity contribution >= 4 is 28.3 Å². The Morgan fingerprint density at radius 1 is 1.27 bits per heavy atom. The number of carbonyl (C=O) groups is 2. The van der Waals surface area contributed by atoms with Crippen LogP contribution in [0.1, 0.15) is 27.2 Å². The van der Waals surface area contributed by atoms with E-state index >= 15 is 0 Å². The number of ether oxygens (including phenoxy) is 1. The van der Waals surface area contributed by atoms with E-state index in [0.717, 1.165) is 28.2 Å². The average Bonchev–Trinajstić information content (AvgIpc) is 2.86. The van der Waals surface area contributed by atoms with E-state index < -0.39 is 5.91 Å². The Kier molecular flexibility index (Phi) is 5.11. The zero-order valence-electron chi connectivity index (χ0n) is 12.4. The van der Waals surface area contributed by atoms with Gasteiger partial charge < -0.3 is 15.8 Å². The van der Waals surface area contributed by atoms with Gasteiger partial charge in [-0.2, -0.15) is 0 Å². The predicted molar refractivity (Wildman–Crippen MR) is 85.3 cm³/mol. The highest BCUT2D eigenvalue weighted by molar-refractivity contribution is 7.17. The van der Waals surface area contributed by atoms with Crippen LogP contribution in [0.5, 0.6) is 5.75 Å². The third-order valence-corrected chi connectivity index (χ3v) is 3.72. The lowest BCUT2D eigenvalue weighted by atomic mass is 10.1. The molecule has 0 aliphatic carbocycles. The van der Waals surface area contributed by atoms with E-state index in [9.17, 15) is 9.59 Å². The van der Waals surface area contributed by atoms with Gasteiger partial charge in [0.2, 0.25) is 5.91 Å². The van der Waals surface area contributed by atoms with E-state index in [4.69, 9.17) is 10.5 Å². The summed E-state index contributed by atoms with van der Waals surface area (Å²) in [6.45, 7) is 4.25. The molecule has 0 saturated heterocycles. The topological polar surface area (TPSA) is 94.3 Å². The molecule has 1 aromatic carbocycles. The minimum atomic E-state index is -0.559.